The van der Waals surface area contributed by atoms with Gasteiger partial charge in [-0.2, -0.15) is 0 Å². The van der Waals surface area contributed by atoms with Crippen molar-refractivity contribution in [2.24, 2.45) is 0 Å². The predicted molar refractivity (Wildman–Crippen MR) is 80.4 cm³/mol. The molecule has 0 amide bonds. The fraction of sp³-hybridized carbons (Fsp3) is 0.235. The van der Waals surface area contributed by atoms with Crippen LogP contribution in [0.4, 0.5) is 0 Å². The Hall–Kier alpha value is -1.37. The van der Waals surface area contributed by atoms with Gasteiger partial charge in [0.05, 0.1) is 0 Å². The minimum absolute atomic E-state index is 0.159. The maximum absolute atomic E-state index is 12.2. The summed E-state index contributed by atoms with van der Waals surface area (Å²) in [5.74, 6) is 0.683. The Kier molecular flexibility index (Phi) is 4.57. The standard InChI is InChI=1S/C17H17OSe/c1-12(2)14-9-7-13(8-10-14)11-16(18)15-5-3-4-6-17(15)19/h3-10,12H,11H2,1-2H3. The number of rotatable bonds is 4. The Morgan fingerprint density at radius 2 is 1.68 bits per heavy atom. The summed E-state index contributed by atoms with van der Waals surface area (Å²) >= 11 is 2.94. The molecule has 19 heavy (non-hydrogen) atoms. The number of carbonyl (C=O) groups excluding carboxylic acids is 1. The van der Waals surface area contributed by atoms with Crippen LogP contribution < -0.4 is 4.46 Å². The summed E-state index contributed by atoms with van der Waals surface area (Å²) in [6.45, 7) is 4.34. The average molecular weight is 316 g/mol. The van der Waals surface area contributed by atoms with Crippen molar-refractivity contribution >= 4 is 26.3 Å². The van der Waals surface area contributed by atoms with E-state index in [0.29, 0.717) is 12.3 Å². The molecule has 0 aliphatic carbocycles. The quantitative estimate of drug-likeness (QED) is 0.626. The van der Waals surface area contributed by atoms with Crippen molar-refractivity contribution in [3.05, 3.63) is 65.2 Å². The average Bonchev–Trinajstić information content (AvgIpc) is 2.39. The van der Waals surface area contributed by atoms with Crippen molar-refractivity contribution in [3.63, 3.8) is 0 Å². The molecule has 2 aromatic carbocycles. The number of hydrogen-bond donors (Lipinski definition) is 0. The van der Waals surface area contributed by atoms with Gasteiger partial charge in [-0.25, -0.2) is 0 Å². The van der Waals surface area contributed by atoms with Crippen LogP contribution in [-0.4, -0.2) is 21.8 Å². The molecule has 1 radical (unpaired) electrons. The second kappa shape index (κ2) is 6.18. The molecule has 0 spiro atoms. The van der Waals surface area contributed by atoms with Crippen molar-refractivity contribution in [3.8, 4) is 0 Å². The van der Waals surface area contributed by atoms with E-state index in [4.69, 9.17) is 0 Å². The van der Waals surface area contributed by atoms with Crippen molar-refractivity contribution in [2.45, 2.75) is 26.2 Å². The molecule has 0 aromatic heterocycles. The third kappa shape index (κ3) is 3.56. The van der Waals surface area contributed by atoms with E-state index in [1.165, 1.54) is 5.56 Å². The zero-order valence-electron chi connectivity index (χ0n) is 11.2. The SMILES string of the molecule is CC(C)c1ccc(CC(=O)c2ccccc2[Se])cc1. The monoisotopic (exact) mass is 317 g/mol. The summed E-state index contributed by atoms with van der Waals surface area (Å²) < 4.78 is 0.923. The molecule has 0 N–H and O–H groups in total. The third-order valence-electron chi connectivity index (χ3n) is 3.20. The van der Waals surface area contributed by atoms with Crippen LogP contribution in [0, 0.1) is 0 Å². The van der Waals surface area contributed by atoms with Crippen molar-refractivity contribution < 1.29 is 4.79 Å². The topological polar surface area (TPSA) is 17.1 Å². The van der Waals surface area contributed by atoms with E-state index in [1.807, 2.05) is 24.3 Å². The van der Waals surface area contributed by atoms with Crippen LogP contribution in [0.3, 0.4) is 0 Å². The first-order chi connectivity index (χ1) is 9.08. The van der Waals surface area contributed by atoms with Gasteiger partial charge in [0.2, 0.25) is 0 Å². The van der Waals surface area contributed by atoms with Gasteiger partial charge in [-0.05, 0) is 0 Å². The molecular weight excluding hydrogens is 299 g/mol. The number of benzene rings is 2. The molecular formula is C17H17OSe. The summed E-state index contributed by atoms with van der Waals surface area (Å²) in [6, 6.07) is 15.9. The fourth-order valence-corrected chi connectivity index (χ4v) is 2.54. The van der Waals surface area contributed by atoms with Crippen LogP contribution in [-0.2, 0) is 6.42 Å². The summed E-state index contributed by atoms with van der Waals surface area (Å²) in [5, 5.41) is 0. The van der Waals surface area contributed by atoms with E-state index in [-0.39, 0.29) is 5.78 Å². The predicted octanol–water partition coefficient (Wildman–Crippen LogP) is 3.03. The fourth-order valence-electron chi connectivity index (χ4n) is 2.00. The first kappa shape index (κ1) is 14.0. The molecule has 2 rings (SSSR count). The second-order valence-corrected chi connectivity index (χ2v) is 5.92. The Bertz CT molecular complexity index is 570. The van der Waals surface area contributed by atoms with E-state index in [9.17, 15) is 4.79 Å². The number of hydrogen-bond acceptors (Lipinski definition) is 1. The molecule has 97 valence electrons. The van der Waals surface area contributed by atoms with E-state index in [0.717, 1.165) is 15.6 Å². The molecule has 2 aromatic rings. The molecule has 2 heteroatoms. The molecule has 0 saturated heterocycles. The van der Waals surface area contributed by atoms with E-state index >= 15 is 0 Å². The minimum atomic E-state index is 0.159. The second-order valence-electron chi connectivity index (χ2n) is 4.99. The van der Waals surface area contributed by atoms with Crippen molar-refractivity contribution in [2.75, 3.05) is 0 Å². The summed E-state index contributed by atoms with van der Waals surface area (Å²) in [4.78, 5) is 12.2. The normalized spacial score (nSPS) is 10.7. The molecule has 0 heterocycles. The van der Waals surface area contributed by atoms with Crippen LogP contribution in [0.1, 0.15) is 41.3 Å². The van der Waals surface area contributed by atoms with Crippen LogP contribution in [0.5, 0.6) is 0 Å². The van der Waals surface area contributed by atoms with Crippen LogP contribution in [0.25, 0.3) is 0 Å². The van der Waals surface area contributed by atoms with Gasteiger partial charge in [0.15, 0.2) is 0 Å². The van der Waals surface area contributed by atoms with Gasteiger partial charge in [0, 0.05) is 0 Å². The van der Waals surface area contributed by atoms with Crippen LogP contribution in [0.15, 0.2) is 48.5 Å². The first-order valence-electron chi connectivity index (χ1n) is 6.46. The van der Waals surface area contributed by atoms with Gasteiger partial charge in [0.1, 0.15) is 0 Å². The summed E-state index contributed by atoms with van der Waals surface area (Å²) in [6.07, 6.45) is 0.455. The number of Topliss-reactive ketones (excluding diaryl/α,β-unsaturated/α-hetero) is 1. The summed E-state index contributed by atoms with van der Waals surface area (Å²) in [7, 11) is 0. The van der Waals surface area contributed by atoms with E-state index in [2.05, 4.69) is 54.1 Å². The van der Waals surface area contributed by atoms with Gasteiger partial charge in [-0.1, -0.05) is 0 Å². The summed E-state index contributed by atoms with van der Waals surface area (Å²) in [5.41, 5.74) is 3.15. The number of ketones is 1. The molecule has 0 aliphatic heterocycles. The zero-order chi connectivity index (χ0) is 13.8. The Morgan fingerprint density at radius 1 is 1.05 bits per heavy atom. The van der Waals surface area contributed by atoms with E-state index < -0.39 is 0 Å². The van der Waals surface area contributed by atoms with Gasteiger partial charge < -0.3 is 0 Å². The van der Waals surface area contributed by atoms with Gasteiger partial charge >= 0.3 is 122 Å². The number of carbonyl (C=O) groups is 1. The maximum atomic E-state index is 12.2. The van der Waals surface area contributed by atoms with Gasteiger partial charge in [-0.3, -0.25) is 0 Å². The molecule has 0 saturated carbocycles. The van der Waals surface area contributed by atoms with Crippen molar-refractivity contribution in [1.29, 1.82) is 0 Å². The molecule has 0 fully saturated rings. The Labute approximate surface area is 122 Å². The zero-order valence-corrected chi connectivity index (χ0v) is 12.9. The Morgan fingerprint density at radius 3 is 2.26 bits per heavy atom. The van der Waals surface area contributed by atoms with E-state index in [1.54, 1.807) is 0 Å². The third-order valence-corrected chi connectivity index (χ3v) is 3.95. The van der Waals surface area contributed by atoms with Gasteiger partial charge in [-0.15, -0.1) is 0 Å². The van der Waals surface area contributed by atoms with Gasteiger partial charge in [0.25, 0.3) is 0 Å². The molecule has 0 aliphatic rings. The van der Waals surface area contributed by atoms with Crippen LogP contribution in [0.2, 0.25) is 0 Å². The van der Waals surface area contributed by atoms with Crippen LogP contribution >= 0.6 is 0 Å². The first-order valence-corrected chi connectivity index (χ1v) is 7.31. The molecule has 0 atom stereocenters. The molecule has 0 unspecified atom stereocenters. The molecule has 1 nitrogen and oxygen atoms in total. The van der Waals surface area contributed by atoms with Crippen molar-refractivity contribution in [1.82, 2.24) is 0 Å². The Balaban J connectivity index is 2.13. The molecule has 0 bridgehead atoms.